The minimum absolute atomic E-state index is 0. The van der Waals surface area contributed by atoms with Crippen LogP contribution in [0, 0.1) is 29.9 Å². The number of sulfonamides is 1. The summed E-state index contributed by atoms with van der Waals surface area (Å²) < 4.78 is 26.6. The summed E-state index contributed by atoms with van der Waals surface area (Å²) in [6, 6.07) is 2.71. The average Bonchev–Trinajstić information content (AvgIpc) is 2.90. The Kier molecular flexibility index (Phi) is 5.91. The number of nitrogens with two attached hydrogens (primary N) is 1. The van der Waals surface area contributed by atoms with Gasteiger partial charge in [0.15, 0.2) is 4.90 Å². The molecule has 1 aliphatic rings. The van der Waals surface area contributed by atoms with Gasteiger partial charge in [0.1, 0.15) is 0 Å². The normalized spacial score (nSPS) is 19.0. The molecule has 0 saturated carbocycles. The molecule has 0 amide bonds. The molecule has 22 heavy (non-hydrogen) atoms. The van der Waals surface area contributed by atoms with Crippen LogP contribution in [0.1, 0.15) is 17.5 Å². The Morgan fingerprint density at radius 1 is 1.36 bits per heavy atom. The van der Waals surface area contributed by atoms with E-state index in [1.54, 1.807) is 13.8 Å². The van der Waals surface area contributed by atoms with Crippen molar-refractivity contribution in [3.05, 3.63) is 33.4 Å². The van der Waals surface area contributed by atoms with Crippen molar-refractivity contribution in [2.24, 2.45) is 11.7 Å². The Balaban J connectivity index is 0.00000242. The molecule has 124 valence electrons. The Morgan fingerprint density at radius 3 is 2.45 bits per heavy atom. The van der Waals surface area contributed by atoms with Crippen LogP contribution in [-0.2, 0) is 10.0 Å². The molecule has 1 aliphatic heterocycles. The van der Waals surface area contributed by atoms with E-state index in [1.165, 1.54) is 16.4 Å². The van der Waals surface area contributed by atoms with Crippen LogP contribution in [0.2, 0.25) is 0 Å². The first kappa shape index (κ1) is 18.8. The Hall–Kier alpha value is -1.22. The largest absolute Gasteiger partial charge is 0.330 e. The smallest absolute Gasteiger partial charge is 0.289 e. The van der Waals surface area contributed by atoms with Gasteiger partial charge in [-0.1, -0.05) is 0 Å². The number of aryl methyl sites for hydroxylation is 2. The molecule has 0 bridgehead atoms. The van der Waals surface area contributed by atoms with Crippen molar-refractivity contribution in [2.75, 3.05) is 19.6 Å². The first-order valence-electron chi connectivity index (χ1n) is 6.73. The molecule has 1 aromatic rings. The third-order valence-electron chi connectivity index (χ3n) is 3.97. The van der Waals surface area contributed by atoms with Crippen molar-refractivity contribution < 1.29 is 13.3 Å². The van der Waals surface area contributed by atoms with Crippen molar-refractivity contribution in [1.29, 1.82) is 0 Å². The molecule has 9 heteroatoms. The van der Waals surface area contributed by atoms with E-state index in [-0.39, 0.29) is 28.9 Å². The Labute approximate surface area is 136 Å². The molecule has 0 aromatic heterocycles. The molecule has 1 fully saturated rings. The molecule has 2 rings (SSSR count). The van der Waals surface area contributed by atoms with Gasteiger partial charge in [-0.2, -0.15) is 4.31 Å². The van der Waals surface area contributed by atoms with Crippen LogP contribution in [0.5, 0.6) is 0 Å². The third-order valence-corrected chi connectivity index (χ3v) is 5.87. The summed E-state index contributed by atoms with van der Waals surface area (Å²) in [7, 11) is -3.86. The highest BCUT2D eigenvalue weighted by atomic mass is 35.5. The minimum Gasteiger partial charge on any atom is -0.330 e. The summed E-state index contributed by atoms with van der Waals surface area (Å²) >= 11 is 0. The molecule has 2 N–H and O–H groups in total. The zero-order valence-electron chi connectivity index (χ0n) is 12.5. The first-order valence-corrected chi connectivity index (χ1v) is 8.17. The van der Waals surface area contributed by atoms with Crippen LogP contribution in [0.25, 0.3) is 0 Å². The van der Waals surface area contributed by atoms with E-state index in [9.17, 15) is 18.5 Å². The molecular formula is C13H20ClN3O4S. The van der Waals surface area contributed by atoms with E-state index in [0.717, 1.165) is 0 Å². The van der Waals surface area contributed by atoms with E-state index in [0.29, 0.717) is 37.2 Å². The van der Waals surface area contributed by atoms with Gasteiger partial charge in [-0.25, -0.2) is 8.42 Å². The van der Waals surface area contributed by atoms with Gasteiger partial charge in [-0.15, -0.1) is 12.4 Å². The maximum Gasteiger partial charge on any atom is 0.289 e. The lowest BCUT2D eigenvalue weighted by atomic mass is 10.1. The van der Waals surface area contributed by atoms with E-state index in [2.05, 4.69) is 0 Å². The SMILES string of the molecule is Cc1cc([N+](=O)[O-])c(S(=O)(=O)N2CCC(CN)C2)cc1C.Cl. The molecule has 0 spiro atoms. The molecule has 0 radical (unpaired) electrons. The van der Waals surface area contributed by atoms with E-state index in [4.69, 9.17) is 5.73 Å². The van der Waals surface area contributed by atoms with E-state index >= 15 is 0 Å². The first-order chi connectivity index (χ1) is 9.77. The van der Waals surface area contributed by atoms with E-state index < -0.39 is 14.9 Å². The van der Waals surface area contributed by atoms with E-state index in [1.807, 2.05) is 0 Å². The van der Waals surface area contributed by atoms with Crippen LogP contribution in [0.3, 0.4) is 0 Å². The van der Waals surface area contributed by atoms with Crippen LogP contribution in [0.4, 0.5) is 5.69 Å². The highest BCUT2D eigenvalue weighted by Gasteiger charge is 2.36. The maximum absolute atomic E-state index is 12.7. The predicted octanol–water partition coefficient (Wildman–Crippen LogP) is 1.60. The molecule has 1 heterocycles. The number of hydrogen-bond acceptors (Lipinski definition) is 5. The van der Waals surface area contributed by atoms with Crippen LogP contribution in [0.15, 0.2) is 17.0 Å². The standard InChI is InChI=1S/C13H19N3O4S.ClH/c1-9-5-12(16(17)18)13(6-10(9)2)21(19,20)15-4-3-11(7-14)8-15;/h5-6,11H,3-4,7-8,14H2,1-2H3;1H. The summed E-state index contributed by atoms with van der Waals surface area (Å²) in [4.78, 5) is 10.3. The van der Waals surface area contributed by atoms with Gasteiger partial charge in [-0.3, -0.25) is 10.1 Å². The van der Waals surface area contributed by atoms with Crippen molar-refractivity contribution in [2.45, 2.75) is 25.2 Å². The van der Waals surface area contributed by atoms with Crippen molar-refractivity contribution in [1.82, 2.24) is 4.31 Å². The second-order valence-electron chi connectivity index (χ2n) is 5.41. The minimum atomic E-state index is -3.86. The molecular weight excluding hydrogens is 330 g/mol. The molecule has 1 unspecified atom stereocenters. The fourth-order valence-electron chi connectivity index (χ4n) is 2.47. The quantitative estimate of drug-likeness (QED) is 0.656. The summed E-state index contributed by atoms with van der Waals surface area (Å²) in [5.74, 6) is 0.116. The van der Waals surface area contributed by atoms with Gasteiger partial charge in [0, 0.05) is 19.2 Å². The summed E-state index contributed by atoms with van der Waals surface area (Å²) in [6.07, 6.45) is 0.689. The monoisotopic (exact) mass is 349 g/mol. The molecule has 0 aliphatic carbocycles. The fraction of sp³-hybridized carbons (Fsp3) is 0.538. The highest BCUT2D eigenvalue weighted by molar-refractivity contribution is 7.89. The molecule has 1 atom stereocenters. The second-order valence-corrected chi connectivity index (χ2v) is 7.32. The summed E-state index contributed by atoms with van der Waals surface area (Å²) in [6.45, 7) is 4.56. The molecule has 1 saturated heterocycles. The lowest BCUT2D eigenvalue weighted by molar-refractivity contribution is -0.387. The number of nitro benzene ring substituents is 1. The van der Waals surface area contributed by atoms with Gasteiger partial charge in [0.05, 0.1) is 4.92 Å². The number of halogens is 1. The number of nitrogens with zero attached hydrogens (tertiary/aromatic N) is 2. The topological polar surface area (TPSA) is 107 Å². The fourth-order valence-corrected chi connectivity index (χ4v) is 4.23. The summed E-state index contributed by atoms with van der Waals surface area (Å²) in [5.41, 5.74) is 6.62. The number of benzene rings is 1. The lowest BCUT2D eigenvalue weighted by Gasteiger charge is -2.17. The lowest BCUT2D eigenvalue weighted by Crippen LogP contribution is -2.30. The third kappa shape index (κ3) is 3.40. The number of rotatable bonds is 4. The zero-order chi connectivity index (χ0) is 15.8. The van der Waals surface area contributed by atoms with Crippen molar-refractivity contribution in [3.8, 4) is 0 Å². The Morgan fingerprint density at radius 2 is 1.95 bits per heavy atom. The van der Waals surface area contributed by atoms with Gasteiger partial charge < -0.3 is 5.73 Å². The van der Waals surface area contributed by atoms with Gasteiger partial charge >= 0.3 is 0 Å². The number of hydrogen-bond donors (Lipinski definition) is 1. The highest BCUT2D eigenvalue weighted by Crippen LogP contribution is 2.32. The average molecular weight is 350 g/mol. The zero-order valence-corrected chi connectivity index (χ0v) is 14.1. The molecule has 1 aromatic carbocycles. The van der Waals surface area contributed by atoms with Crippen molar-refractivity contribution >= 4 is 28.1 Å². The van der Waals surface area contributed by atoms with Gasteiger partial charge in [0.25, 0.3) is 5.69 Å². The van der Waals surface area contributed by atoms with Crippen LogP contribution >= 0.6 is 12.4 Å². The van der Waals surface area contributed by atoms with Crippen molar-refractivity contribution in [3.63, 3.8) is 0 Å². The maximum atomic E-state index is 12.7. The second kappa shape index (κ2) is 6.91. The Bertz CT molecular complexity index is 678. The van der Waals surface area contributed by atoms with Gasteiger partial charge in [0.2, 0.25) is 10.0 Å². The van der Waals surface area contributed by atoms with Gasteiger partial charge in [-0.05, 0) is 49.9 Å². The van der Waals surface area contributed by atoms with Crippen LogP contribution < -0.4 is 5.73 Å². The predicted molar refractivity (Wildman–Crippen MR) is 85.7 cm³/mol. The number of nitro groups is 1. The summed E-state index contributed by atoms with van der Waals surface area (Å²) in [5, 5.41) is 11.2. The molecule has 7 nitrogen and oxygen atoms in total. The van der Waals surface area contributed by atoms with Crippen LogP contribution in [-0.4, -0.2) is 37.3 Å².